The Bertz CT molecular complexity index is 789. The summed E-state index contributed by atoms with van der Waals surface area (Å²) in [5, 5.41) is 8.86. The number of carbonyl (C=O) groups is 1. The Labute approximate surface area is 131 Å². The van der Waals surface area contributed by atoms with Gasteiger partial charge >= 0.3 is 0 Å². The van der Waals surface area contributed by atoms with E-state index in [0.29, 0.717) is 5.39 Å². The summed E-state index contributed by atoms with van der Waals surface area (Å²) in [4.78, 5) is 28.7. The highest BCUT2D eigenvalue weighted by Crippen LogP contribution is 2.33. The molecule has 0 N–H and O–H groups in total. The first kappa shape index (κ1) is 13.9. The Morgan fingerprint density at radius 1 is 1.14 bits per heavy atom. The molecule has 116 valence electrons. The van der Waals surface area contributed by atoms with Crippen molar-refractivity contribution in [2.24, 2.45) is 0 Å². The van der Waals surface area contributed by atoms with E-state index >= 15 is 0 Å². The minimum atomic E-state index is -0.156. The van der Waals surface area contributed by atoms with Crippen LogP contribution in [-0.2, 0) is 24.2 Å². The number of aromatic nitrogens is 3. The van der Waals surface area contributed by atoms with Gasteiger partial charge in [-0.2, -0.15) is 0 Å². The normalized spacial score (nSPS) is 17.9. The molecule has 0 unspecified atom stereocenters. The molecule has 1 fully saturated rings. The Hall–Kier alpha value is -1.76. The van der Waals surface area contributed by atoms with Gasteiger partial charge in [0.25, 0.3) is 5.56 Å². The number of carbonyl (C=O) groups excluding carboxylic acids is 1. The van der Waals surface area contributed by atoms with Crippen LogP contribution in [0.25, 0.3) is 10.2 Å². The van der Waals surface area contributed by atoms with Crippen LogP contribution >= 0.6 is 11.3 Å². The van der Waals surface area contributed by atoms with Crippen LogP contribution in [0.2, 0.25) is 0 Å². The van der Waals surface area contributed by atoms with Crippen molar-refractivity contribution in [1.82, 2.24) is 19.9 Å². The molecule has 2 aromatic heterocycles. The maximum absolute atomic E-state index is 12.7. The second-order valence-corrected chi connectivity index (χ2v) is 7.11. The molecule has 22 heavy (non-hydrogen) atoms. The third-order valence-electron chi connectivity index (χ3n) is 4.59. The molecule has 3 heterocycles. The molecule has 2 aromatic rings. The van der Waals surface area contributed by atoms with Crippen LogP contribution in [0.3, 0.4) is 0 Å². The molecule has 1 amide bonds. The Balaban J connectivity index is 1.71. The number of nitrogens with zero attached hydrogens (tertiary/aromatic N) is 4. The lowest BCUT2D eigenvalue weighted by molar-refractivity contribution is -0.131. The highest BCUT2D eigenvalue weighted by Gasteiger charge is 2.23. The van der Waals surface area contributed by atoms with Crippen LogP contribution < -0.4 is 5.56 Å². The van der Waals surface area contributed by atoms with Crippen LogP contribution in [0.15, 0.2) is 4.79 Å². The van der Waals surface area contributed by atoms with Crippen molar-refractivity contribution in [2.75, 3.05) is 13.1 Å². The van der Waals surface area contributed by atoms with Crippen LogP contribution in [0.5, 0.6) is 0 Å². The molecule has 4 rings (SSSR count). The second-order valence-electron chi connectivity index (χ2n) is 6.03. The maximum Gasteiger partial charge on any atom is 0.279 e. The highest BCUT2D eigenvalue weighted by molar-refractivity contribution is 7.18. The molecule has 0 atom stereocenters. The molecule has 0 saturated carbocycles. The monoisotopic (exact) mass is 318 g/mol. The van der Waals surface area contributed by atoms with Crippen molar-refractivity contribution < 1.29 is 4.79 Å². The van der Waals surface area contributed by atoms with E-state index in [2.05, 4.69) is 10.3 Å². The van der Waals surface area contributed by atoms with Crippen molar-refractivity contribution in [2.45, 2.75) is 45.1 Å². The van der Waals surface area contributed by atoms with Crippen molar-refractivity contribution in [1.29, 1.82) is 0 Å². The first-order valence-corrected chi connectivity index (χ1v) is 8.71. The fourth-order valence-corrected chi connectivity index (χ4v) is 4.60. The van der Waals surface area contributed by atoms with Crippen LogP contribution in [0.1, 0.15) is 36.1 Å². The molecule has 6 nitrogen and oxygen atoms in total. The number of likely N-dealkylation sites (tertiary alicyclic amines) is 1. The Kier molecular flexibility index (Phi) is 3.44. The first-order valence-electron chi connectivity index (χ1n) is 7.90. The summed E-state index contributed by atoms with van der Waals surface area (Å²) in [6.45, 7) is 1.58. The van der Waals surface area contributed by atoms with E-state index in [1.165, 1.54) is 16.0 Å². The lowest BCUT2D eigenvalue weighted by atomic mass is 9.97. The van der Waals surface area contributed by atoms with Crippen molar-refractivity contribution in [3.8, 4) is 0 Å². The standard InChI is InChI=1S/C15H18N4O2S/c20-12(18-7-3-4-8-18)9-19-15(21)13-10-5-1-2-6-11(10)22-14(13)16-17-19/h1-9H2. The molecule has 2 aliphatic rings. The number of amides is 1. The topological polar surface area (TPSA) is 68.1 Å². The zero-order valence-corrected chi connectivity index (χ0v) is 13.2. The summed E-state index contributed by atoms with van der Waals surface area (Å²) in [6, 6.07) is 0. The van der Waals surface area contributed by atoms with Gasteiger partial charge in [-0.1, -0.05) is 5.21 Å². The second kappa shape index (κ2) is 5.46. The van der Waals surface area contributed by atoms with E-state index in [-0.39, 0.29) is 18.0 Å². The Morgan fingerprint density at radius 3 is 2.73 bits per heavy atom. The Morgan fingerprint density at radius 2 is 1.91 bits per heavy atom. The minimum absolute atomic E-state index is 0.00634. The molecular formula is C15H18N4O2S. The average molecular weight is 318 g/mol. The van der Waals surface area contributed by atoms with Crippen molar-refractivity contribution >= 4 is 27.5 Å². The largest absolute Gasteiger partial charge is 0.341 e. The van der Waals surface area contributed by atoms with Crippen LogP contribution in [0.4, 0.5) is 0 Å². The lowest BCUT2D eigenvalue weighted by Gasteiger charge is -2.15. The van der Waals surface area contributed by atoms with Crippen molar-refractivity contribution in [3.63, 3.8) is 0 Å². The molecule has 0 bridgehead atoms. The summed E-state index contributed by atoms with van der Waals surface area (Å²) in [5.74, 6) is -0.0302. The summed E-state index contributed by atoms with van der Waals surface area (Å²) in [7, 11) is 0. The highest BCUT2D eigenvalue weighted by atomic mass is 32.1. The van der Waals surface area contributed by atoms with Gasteiger partial charge < -0.3 is 4.90 Å². The van der Waals surface area contributed by atoms with Gasteiger partial charge in [-0.05, 0) is 44.1 Å². The molecule has 1 saturated heterocycles. The fourth-order valence-electron chi connectivity index (χ4n) is 3.40. The first-order chi connectivity index (χ1) is 10.7. The third-order valence-corrected chi connectivity index (χ3v) is 5.76. The van der Waals surface area contributed by atoms with Crippen LogP contribution in [-0.4, -0.2) is 38.9 Å². The number of thiophene rings is 1. The zero-order valence-electron chi connectivity index (χ0n) is 12.4. The van der Waals surface area contributed by atoms with Gasteiger partial charge in [0.1, 0.15) is 6.54 Å². The average Bonchev–Trinajstić information content (AvgIpc) is 3.17. The molecule has 0 spiro atoms. The number of hydrogen-bond acceptors (Lipinski definition) is 5. The number of fused-ring (bicyclic) bond motifs is 3. The predicted molar refractivity (Wildman–Crippen MR) is 84.1 cm³/mol. The predicted octanol–water partition coefficient (Wildman–Crippen LogP) is 1.35. The zero-order chi connectivity index (χ0) is 15.1. The molecule has 0 aromatic carbocycles. The van der Waals surface area contributed by atoms with Gasteiger partial charge in [-0.25, -0.2) is 4.68 Å². The quantitative estimate of drug-likeness (QED) is 0.838. The summed E-state index contributed by atoms with van der Waals surface area (Å²) in [5.41, 5.74) is 0.991. The van der Waals surface area contributed by atoms with E-state index in [1.807, 2.05) is 0 Å². The molecule has 1 aliphatic carbocycles. The van der Waals surface area contributed by atoms with E-state index in [4.69, 9.17) is 0 Å². The third kappa shape index (κ3) is 2.24. The summed E-state index contributed by atoms with van der Waals surface area (Å²) >= 11 is 1.58. The van der Waals surface area contributed by atoms with E-state index in [0.717, 1.165) is 55.6 Å². The van der Waals surface area contributed by atoms with Gasteiger partial charge in [0.05, 0.1) is 5.39 Å². The van der Waals surface area contributed by atoms with Crippen LogP contribution in [0, 0.1) is 0 Å². The van der Waals surface area contributed by atoms with Crippen molar-refractivity contribution in [3.05, 3.63) is 20.8 Å². The molecule has 7 heteroatoms. The number of aryl methyl sites for hydroxylation is 2. The maximum atomic E-state index is 12.7. The summed E-state index contributed by atoms with van der Waals surface area (Å²) in [6.07, 6.45) is 6.35. The molecule has 1 aliphatic heterocycles. The van der Waals surface area contributed by atoms with Gasteiger partial charge in [-0.3, -0.25) is 9.59 Å². The number of hydrogen-bond donors (Lipinski definition) is 0. The van der Waals surface area contributed by atoms with Gasteiger partial charge in [-0.15, -0.1) is 16.4 Å². The minimum Gasteiger partial charge on any atom is -0.341 e. The molecule has 0 radical (unpaired) electrons. The smallest absolute Gasteiger partial charge is 0.279 e. The fraction of sp³-hybridized carbons (Fsp3) is 0.600. The van der Waals surface area contributed by atoms with E-state index in [1.54, 1.807) is 16.2 Å². The van der Waals surface area contributed by atoms with E-state index < -0.39 is 0 Å². The van der Waals surface area contributed by atoms with Gasteiger partial charge in [0.2, 0.25) is 5.91 Å². The van der Waals surface area contributed by atoms with Gasteiger partial charge in [0, 0.05) is 18.0 Å². The van der Waals surface area contributed by atoms with Gasteiger partial charge in [0.15, 0.2) is 4.83 Å². The number of rotatable bonds is 2. The van der Waals surface area contributed by atoms with E-state index in [9.17, 15) is 9.59 Å². The molecular weight excluding hydrogens is 300 g/mol. The summed E-state index contributed by atoms with van der Waals surface area (Å²) < 4.78 is 1.24. The SMILES string of the molecule is O=C(Cn1nnc2sc3c(c2c1=O)CCCC3)N1CCCC1. The lowest BCUT2D eigenvalue weighted by Crippen LogP contribution is -2.36.